The number of benzene rings is 2. The molecule has 0 unspecified atom stereocenters. The van der Waals surface area contributed by atoms with Crippen LogP contribution in [0.1, 0.15) is 5.56 Å². The molecular formula is C16H13ClN2OS. The van der Waals surface area contributed by atoms with E-state index in [4.69, 9.17) is 17.3 Å². The normalized spacial score (nSPS) is 10.7. The van der Waals surface area contributed by atoms with Crippen LogP contribution in [-0.4, -0.2) is 4.57 Å². The Balaban J connectivity index is 2.06. The molecule has 0 amide bonds. The van der Waals surface area contributed by atoms with Gasteiger partial charge in [-0.05, 0) is 23.8 Å². The lowest BCUT2D eigenvalue weighted by atomic mass is 10.1. The number of nitrogen functional groups attached to an aromatic ring is 1. The van der Waals surface area contributed by atoms with Gasteiger partial charge in [0.15, 0.2) is 0 Å². The minimum Gasteiger partial charge on any atom is -0.399 e. The molecule has 0 bridgehead atoms. The fourth-order valence-corrected chi connectivity index (χ4v) is 3.16. The summed E-state index contributed by atoms with van der Waals surface area (Å²) in [5.74, 6) is 0. The highest BCUT2D eigenvalue weighted by Gasteiger charge is 2.11. The Morgan fingerprint density at radius 1 is 1.14 bits per heavy atom. The van der Waals surface area contributed by atoms with E-state index in [1.807, 2.05) is 53.9 Å². The maximum atomic E-state index is 12.1. The Bertz CT molecular complexity index is 838. The molecule has 0 saturated heterocycles. The molecule has 0 aliphatic carbocycles. The quantitative estimate of drug-likeness (QED) is 0.746. The van der Waals surface area contributed by atoms with Crippen LogP contribution in [-0.2, 0) is 6.54 Å². The van der Waals surface area contributed by atoms with Crippen molar-refractivity contribution in [2.45, 2.75) is 6.54 Å². The topological polar surface area (TPSA) is 48.0 Å². The fourth-order valence-electron chi connectivity index (χ4n) is 2.20. The van der Waals surface area contributed by atoms with Gasteiger partial charge in [0.05, 0.1) is 12.2 Å². The van der Waals surface area contributed by atoms with E-state index < -0.39 is 0 Å². The number of hydrogen-bond donors (Lipinski definition) is 1. The van der Waals surface area contributed by atoms with Crippen LogP contribution in [0.25, 0.3) is 11.3 Å². The predicted octanol–water partition coefficient (Wildman–Crippen LogP) is 3.86. The van der Waals surface area contributed by atoms with Gasteiger partial charge in [-0.15, -0.1) is 0 Å². The van der Waals surface area contributed by atoms with E-state index in [9.17, 15) is 4.79 Å². The zero-order valence-electron chi connectivity index (χ0n) is 11.1. The van der Waals surface area contributed by atoms with Crippen molar-refractivity contribution in [1.29, 1.82) is 0 Å². The molecule has 106 valence electrons. The minimum absolute atomic E-state index is 0.00709. The van der Waals surface area contributed by atoms with Crippen molar-refractivity contribution < 1.29 is 0 Å². The highest BCUT2D eigenvalue weighted by atomic mass is 35.5. The maximum Gasteiger partial charge on any atom is 0.307 e. The molecule has 0 aliphatic heterocycles. The average molecular weight is 317 g/mol. The van der Waals surface area contributed by atoms with Crippen LogP contribution < -0.4 is 10.6 Å². The number of rotatable bonds is 3. The van der Waals surface area contributed by atoms with Crippen LogP contribution in [0.3, 0.4) is 0 Å². The van der Waals surface area contributed by atoms with Crippen molar-refractivity contribution in [3.63, 3.8) is 0 Å². The predicted molar refractivity (Wildman–Crippen MR) is 89.0 cm³/mol. The van der Waals surface area contributed by atoms with Gasteiger partial charge in [-0.1, -0.05) is 53.3 Å². The molecule has 21 heavy (non-hydrogen) atoms. The Labute approximate surface area is 131 Å². The van der Waals surface area contributed by atoms with Crippen LogP contribution in [0.15, 0.2) is 58.7 Å². The van der Waals surface area contributed by atoms with Crippen LogP contribution in [0.4, 0.5) is 5.69 Å². The van der Waals surface area contributed by atoms with Crippen LogP contribution >= 0.6 is 22.9 Å². The first kappa shape index (κ1) is 13.9. The molecule has 1 heterocycles. The fraction of sp³-hybridized carbons (Fsp3) is 0.0625. The van der Waals surface area contributed by atoms with Crippen molar-refractivity contribution in [3.05, 3.63) is 74.2 Å². The summed E-state index contributed by atoms with van der Waals surface area (Å²) >= 11 is 7.37. The van der Waals surface area contributed by atoms with E-state index in [2.05, 4.69) is 0 Å². The molecule has 0 spiro atoms. The molecule has 3 nitrogen and oxygen atoms in total. The van der Waals surface area contributed by atoms with Crippen molar-refractivity contribution in [2.75, 3.05) is 5.73 Å². The number of halogens is 1. The van der Waals surface area contributed by atoms with Gasteiger partial charge in [0, 0.05) is 21.7 Å². The summed E-state index contributed by atoms with van der Waals surface area (Å²) in [5.41, 5.74) is 9.21. The van der Waals surface area contributed by atoms with Gasteiger partial charge in [0.25, 0.3) is 0 Å². The number of nitrogens with two attached hydrogens (primary N) is 1. The molecule has 0 fully saturated rings. The van der Waals surface area contributed by atoms with Crippen molar-refractivity contribution in [1.82, 2.24) is 4.57 Å². The third kappa shape index (κ3) is 2.86. The molecule has 0 radical (unpaired) electrons. The molecule has 3 rings (SSSR count). The van der Waals surface area contributed by atoms with E-state index in [1.165, 1.54) is 11.3 Å². The monoisotopic (exact) mass is 316 g/mol. The lowest BCUT2D eigenvalue weighted by Gasteiger charge is -2.09. The minimum atomic E-state index is -0.00709. The standard InChI is InChI=1S/C16H13ClN2OS/c17-14-7-2-1-4-12(14)9-19-15(10-21-16(19)20)11-5-3-6-13(18)8-11/h1-8,10H,9,18H2. The summed E-state index contributed by atoms with van der Waals surface area (Å²) in [5, 5.41) is 2.52. The molecule has 0 saturated carbocycles. The summed E-state index contributed by atoms with van der Waals surface area (Å²) in [6.45, 7) is 0.451. The first-order valence-electron chi connectivity index (χ1n) is 6.43. The maximum absolute atomic E-state index is 12.1. The Kier molecular flexibility index (Phi) is 3.82. The van der Waals surface area contributed by atoms with Crippen molar-refractivity contribution in [3.8, 4) is 11.3 Å². The highest BCUT2D eigenvalue weighted by Crippen LogP contribution is 2.24. The SMILES string of the molecule is Nc1cccc(-c2csc(=O)n2Cc2ccccc2Cl)c1. The number of nitrogens with zero attached hydrogens (tertiary/aromatic N) is 1. The lowest BCUT2D eigenvalue weighted by molar-refractivity contribution is 0.793. The number of anilines is 1. The second-order valence-corrected chi connectivity index (χ2v) is 5.92. The molecule has 2 N–H and O–H groups in total. The van der Waals surface area contributed by atoms with Gasteiger partial charge in [-0.25, -0.2) is 0 Å². The van der Waals surface area contributed by atoms with Gasteiger partial charge in [-0.3, -0.25) is 9.36 Å². The van der Waals surface area contributed by atoms with Crippen LogP contribution in [0, 0.1) is 0 Å². The summed E-state index contributed by atoms with van der Waals surface area (Å²) in [4.78, 5) is 12.1. The Morgan fingerprint density at radius 3 is 2.71 bits per heavy atom. The second-order valence-electron chi connectivity index (χ2n) is 4.69. The second kappa shape index (κ2) is 5.76. The van der Waals surface area contributed by atoms with E-state index in [-0.39, 0.29) is 4.87 Å². The number of thiazole rings is 1. The first-order chi connectivity index (χ1) is 10.1. The van der Waals surface area contributed by atoms with E-state index in [1.54, 1.807) is 4.57 Å². The molecule has 0 atom stereocenters. The van der Waals surface area contributed by atoms with Crippen LogP contribution in [0.5, 0.6) is 0 Å². The molecule has 3 aromatic rings. The van der Waals surface area contributed by atoms with E-state index >= 15 is 0 Å². The largest absolute Gasteiger partial charge is 0.399 e. The summed E-state index contributed by atoms with van der Waals surface area (Å²) < 4.78 is 1.72. The van der Waals surface area contributed by atoms with Crippen molar-refractivity contribution in [2.24, 2.45) is 0 Å². The van der Waals surface area contributed by atoms with Gasteiger partial charge in [0.1, 0.15) is 0 Å². The number of hydrogen-bond acceptors (Lipinski definition) is 3. The van der Waals surface area contributed by atoms with E-state index in [0.717, 1.165) is 16.8 Å². The molecular weight excluding hydrogens is 304 g/mol. The molecule has 0 aliphatic rings. The third-order valence-corrected chi connectivity index (χ3v) is 4.38. The average Bonchev–Trinajstić information content (AvgIpc) is 2.83. The smallest absolute Gasteiger partial charge is 0.307 e. The number of aromatic nitrogens is 1. The zero-order chi connectivity index (χ0) is 14.8. The summed E-state index contributed by atoms with van der Waals surface area (Å²) in [6.07, 6.45) is 0. The molecule has 2 aromatic carbocycles. The Hall–Kier alpha value is -2.04. The lowest BCUT2D eigenvalue weighted by Crippen LogP contribution is -2.15. The van der Waals surface area contributed by atoms with Gasteiger partial charge < -0.3 is 5.73 Å². The van der Waals surface area contributed by atoms with Gasteiger partial charge >= 0.3 is 4.87 Å². The zero-order valence-corrected chi connectivity index (χ0v) is 12.7. The molecule has 5 heteroatoms. The Morgan fingerprint density at radius 2 is 1.95 bits per heavy atom. The molecule has 1 aromatic heterocycles. The van der Waals surface area contributed by atoms with Gasteiger partial charge in [-0.2, -0.15) is 0 Å². The first-order valence-corrected chi connectivity index (χ1v) is 7.68. The van der Waals surface area contributed by atoms with Gasteiger partial charge in [0.2, 0.25) is 0 Å². The summed E-state index contributed by atoms with van der Waals surface area (Å²) in [6, 6.07) is 15.1. The third-order valence-electron chi connectivity index (χ3n) is 3.25. The summed E-state index contributed by atoms with van der Waals surface area (Å²) in [7, 11) is 0. The van der Waals surface area contributed by atoms with Crippen LogP contribution in [0.2, 0.25) is 5.02 Å². The highest BCUT2D eigenvalue weighted by molar-refractivity contribution is 7.07. The van der Waals surface area contributed by atoms with Crippen molar-refractivity contribution >= 4 is 28.6 Å². The van der Waals surface area contributed by atoms with E-state index in [0.29, 0.717) is 17.3 Å².